The Morgan fingerprint density at radius 3 is 2.40 bits per heavy atom. The summed E-state index contributed by atoms with van der Waals surface area (Å²) in [4.78, 5) is 0. The normalized spacial score (nSPS) is 30.1. The van der Waals surface area contributed by atoms with Crippen molar-refractivity contribution in [1.29, 1.82) is 0 Å². The van der Waals surface area contributed by atoms with E-state index in [9.17, 15) is 8.42 Å². The molecular weight excluding hydrogens is 214 g/mol. The van der Waals surface area contributed by atoms with Crippen LogP contribution in [0.3, 0.4) is 0 Å². The van der Waals surface area contributed by atoms with Gasteiger partial charge in [-0.3, -0.25) is 0 Å². The molecule has 0 radical (unpaired) electrons. The zero-order valence-electron chi connectivity index (χ0n) is 8.93. The lowest BCUT2D eigenvalue weighted by Crippen LogP contribution is -2.42. The maximum atomic E-state index is 12.2. The number of aliphatic hydroxyl groups excluding tert-OH is 1. The molecule has 1 aliphatic carbocycles. The van der Waals surface area contributed by atoms with Crippen molar-refractivity contribution in [2.75, 3.05) is 13.2 Å². The SMILES string of the molecule is O=S(=O)(C1CCCC1)N1CCCC1CO. The maximum Gasteiger partial charge on any atom is 0.217 e. The van der Waals surface area contributed by atoms with E-state index in [-0.39, 0.29) is 17.9 Å². The van der Waals surface area contributed by atoms with E-state index < -0.39 is 10.0 Å². The molecule has 1 N–H and O–H groups in total. The van der Waals surface area contributed by atoms with Crippen LogP contribution in [0.5, 0.6) is 0 Å². The summed E-state index contributed by atoms with van der Waals surface area (Å²) in [6.45, 7) is 0.565. The highest BCUT2D eigenvalue weighted by atomic mass is 32.2. The second kappa shape index (κ2) is 4.39. The molecule has 1 atom stereocenters. The minimum Gasteiger partial charge on any atom is -0.395 e. The summed E-state index contributed by atoms with van der Waals surface area (Å²) in [6.07, 6.45) is 5.36. The first-order valence-corrected chi connectivity index (χ1v) is 7.28. The Labute approximate surface area is 91.3 Å². The number of sulfonamides is 1. The molecule has 1 unspecified atom stereocenters. The molecule has 0 aromatic rings. The maximum absolute atomic E-state index is 12.2. The largest absolute Gasteiger partial charge is 0.395 e. The van der Waals surface area contributed by atoms with Gasteiger partial charge in [0.2, 0.25) is 10.0 Å². The zero-order valence-corrected chi connectivity index (χ0v) is 9.75. The van der Waals surface area contributed by atoms with Crippen molar-refractivity contribution in [3.8, 4) is 0 Å². The number of hydrogen-bond acceptors (Lipinski definition) is 3. The summed E-state index contributed by atoms with van der Waals surface area (Å²) in [5.41, 5.74) is 0. The van der Waals surface area contributed by atoms with Crippen molar-refractivity contribution in [3.05, 3.63) is 0 Å². The third kappa shape index (κ3) is 2.05. The molecule has 0 amide bonds. The summed E-state index contributed by atoms with van der Waals surface area (Å²) in [6, 6.07) is -0.157. The van der Waals surface area contributed by atoms with Crippen LogP contribution in [0.4, 0.5) is 0 Å². The van der Waals surface area contributed by atoms with Crippen molar-refractivity contribution >= 4 is 10.0 Å². The molecule has 1 saturated heterocycles. The lowest BCUT2D eigenvalue weighted by Gasteiger charge is -2.25. The van der Waals surface area contributed by atoms with Gasteiger partial charge in [-0.15, -0.1) is 0 Å². The van der Waals surface area contributed by atoms with E-state index in [0.29, 0.717) is 6.54 Å². The molecule has 2 rings (SSSR count). The number of nitrogens with zero attached hydrogens (tertiary/aromatic N) is 1. The molecule has 0 aromatic heterocycles. The third-order valence-corrected chi connectivity index (χ3v) is 6.03. The fourth-order valence-corrected chi connectivity index (χ4v) is 4.99. The van der Waals surface area contributed by atoms with E-state index in [0.717, 1.165) is 38.5 Å². The van der Waals surface area contributed by atoms with Gasteiger partial charge >= 0.3 is 0 Å². The van der Waals surface area contributed by atoms with E-state index in [2.05, 4.69) is 0 Å². The van der Waals surface area contributed by atoms with Crippen LogP contribution in [0.1, 0.15) is 38.5 Å². The van der Waals surface area contributed by atoms with Crippen molar-refractivity contribution in [1.82, 2.24) is 4.31 Å². The minimum absolute atomic E-state index is 0.0358. The van der Waals surface area contributed by atoms with Crippen molar-refractivity contribution in [3.63, 3.8) is 0 Å². The molecule has 2 aliphatic rings. The first-order valence-electron chi connectivity index (χ1n) is 5.78. The van der Waals surface area contributed by atoms with Crippen LogP contribution in [0.15, 0.2) is 0 Å². The van der Waals surface area contributed by atoms with Gasteiger partial charge in [0.05, 0.1) is 11.9 Å². The molecule has 1 heterocycles. The van der Waals surface area contributed by atoms with Gasteiger partial charge in [0.25, 0.3) is 0 Å². The number of aliphatic hydroxyl groups is 1. The number of rotatable bonds is 3. The quantitative estimate of drug-likeness (QED) is 0.781. The predicted molar refractivity (Wildman–Crippen MR) is 58.0 cm³/mol. The van der Waals surface area contributed by atoms with Crippen molar-refractivity contribution < 1.29 is 13.5 Å². The predicted octanol–water partition coefficient (Wildman–Crippen LogP) is 0.716. The Balaban J connectivity index is 2.13. The Kier molecular flexibility index (Phi) is 3.33. The van der Waals surface area contributed by atoms with Gasteiger partial charge < -0.3 is 5.11 Å². The standard InChI is InChI=1S/C10H19NO3S/c12-8-9-4-3-7-11(9)15(13,14)10-5-1-2-6-10/h9-10,12H,1-8H2. The second-order valence-corrected chi connectivity index (χ2v) is 6.71. The van der Waals surface area contributed by atoms with E-state index in [1.807, 2.05) is 0 Å². The van der Waals surface area contributed by atoms with Gasteiger partial charge in [-0.25, -0.2) is 8.42 Å². The molecule has 1 saturated carbocycles. The lowest BCUT2D eigenvalue weighted by molar-refractivity contribution is 0.212. The van der Waals surface area contributed by atoms with Crippen LogP contribution < -0.4 is 0 Å². The third-order valence-electron chi connectivity index (χ3n) is 3.58. The topological polar surface area (TPSA) is 57.6 Å². The van der Waals surface area contributed by atoms with E-state index in [4.69, 9.17) is 5.11 Å². The van der Waals surface area contributed by atoms with Crippen LogP contribution in [0.25, 0.3) is 0 Å². The van der Waals surface area contributed by atoms with Crippen LogP contribution >= 0.6 is 0 Å². The lowest BCUT2D eigenvalue weighted by atomic mass is 10.2. The average molecular weight is 233 g/mol. The highest BCUT2D eigenvalue weighted by Gasteiger charge is 2.39. The van der Waals surface area contributed by atoms with Gasteiger partial charge in [0, 0.05) is 12.6 Å². The van der Waals surface area contributed by atoms with E-state index in [1.165, 1.54) is 0 Å². The highest BCUT2D eigenvalue weighted by Crippen LogP contribution is 2.31. The van der Waals surface area contributed by atoms with Gasteiger partial charge in [0.15, 0.2) is 0 Å². The summed E-state index contributed by atoms with van der Waals surface area (Å²) < 4.78 is 26.0. The molecule has 1 aliphatic heterocycles. The number of hydrogen-bond donors (Lipinski definition) is 1. The molecular formula is C10H19NO3S. The monoisotopic (exact) mass is 233 g/mol. The molecule has 88 valence electrons. The van der Waals surface area contributed by atoms with Crippen molar-refractivity contribution in [2.24, 2.45) is 0 Å². The van der Waals surface area contributed by atoms with E-state index in [1.54, 1.807) is 4.31 Å². The second-order valence-electron chi connectivity index (χ2n) is 4.54. The van der Waals surface area contributed by atoms with Gasteiger partial charge in [-0.05, 0) is 25.7 Å². The van der Waals surface area contributed by atoms with Gasteiger partial charge in [0.1, 0.15) is 0 Å². The Hall–Kier alpha value is -0.130. The molecule has 0 aromatic carbocycles. The smallest absolute Gasteiger partial charge is 0.217 e. The summed E-state index contributed by atoms with van der Waals surface area (Å²) in [5.74, 6) is 0. The molecule has 0 bridgehead atoms. The summed E-state index contributed by atoms with van der Waals surface area (Å²) >= 11 is 0. The Morgan fingerprint density at radius 2 is 1.80 bits per heavy atom. The highest BCUT2D eigenvalue weighted by molar-refractivity contribution is 7.89. The van der Waals surface area contributed by atoms with Crippen LogP contribution in [-0.2, 0) is 10.0 Å². The molecule has 15 heavy (non-hydrogen) atoms. The molecule has 0 spiro atoms. The zero-order chi connectivity index (χ0) is 10.9. The van der Waals surface area contributed by atoms with Crippen molar-refractivity contribution in [2.45, 2.75) is 49.8 Å². The molecule has 2 fully saturated rings. The fraction of sp³-hybridized carbons (Fsp3) is 1.00. The first kappa shape index (κ1) is 11.4. The fourth-order valence-electron chi connectivity index (χ4n) is 2.70. The van der Waals surface area contributed by atoms with Gasteiger partial charge in [-0.1, -0.05) is 12.8 Å². The minimum atomic E-state index is -3.13. The Bertz CT molecular complexity index is 309. The van der Waals surface area contributed by atoms with Crippen LogP contribution in [0, 0.1) is 0 Å². The first-order chi connectivity index (χ1) is 7.16. The molecule has 5 heteroatoms. The Morgan fingerprint density at radius 1 is 1.13 bits per heavy atom. The van der Waals surface area contributed by atoms with E-state index >= 15 is 0 Å². The van der Waals surface area contributed by atoms with Gasteiger partial charge in [-0.2, -0.15) is 4.31 Å². The van der Waals surface area contributed by atoms with Crippen LogP contribution in [-0.4, -0.2) is 42.3 Å². The molecule has 4 nitrogen and oxygen atoms in total. The average Bonchev–Trinajstić information content (AvgIpc) is 2.89. The van der Waals surface area contributed by atoms with Crippen LogP contribution in [0.2, 0.25) is 0 Å². The summed E-state index contributed by atoms with van der Waals surface area (Å²) in [7, 11) is -3.13. The summed E-state index contributed by atoms with van der Waals surface area (Å²) in [5, 5.41) is 8.96.